The summed E-state index contributed by atoms with van der Waals surface area (Å²) in [6, 6.07) is 4.96. The third kappa shape index (κ3) is 4.81. The summed E-state index contributed by atoms with van der Waals surface area (Å²) >= 11 is 1.78. The lowest BCUT2D eigenvalue weighted by molar-refractivity contribution is -0.137. The van der Waals surface area contributed by atoms with Gasteiger partial charge in [-0.05, 0) is 42.9 Å². The minimum atomic E-state index is -4.30. The second-order valence-electron chi connectivity index (χ2n) is 5.00. The average Bonchev–Trinajstić information content (AvgIpc) is 2.97. The van der Waals surface area contributed by atoms with Gasteiger partial charge in [0.25, 0.3) is 0 Å². The van der Waals surface area contributed by atoms with Gasteiger partial charge in [-0.25, -0.2) is 0 Å². The maximum absolute atomic E-state index is 12.5. The van der Waals surface area contributed by atoms with Crippen molar-refractivity contribution in [3.05, 3.63) is 29.8 Å². The van der Waals surface area contributed by atoms with E-state index in [-0.39, 0.29) is 6.23 Å². The zero-order chi connectivity index (χ0) is 15.3. The largest absolute Gasteiger partial charge is 0.474 e. The Morgan fingerprint density at radius 3 is 2.33 bits per heavy atom. The second-order valence-corrected chi connectivity index (χ2v) is 6.32. The molecular formula is C15H20F3NOS. The lowest BCUT2D eigenvalue weighted by Crippen LogP contribution is -2.39. The third-order valence-corrected chi connectivity index (χ3v) is 4.40. The van der Waals surface area contributed by atoms with E-state index in [0.29, 0.717) is 5.75 Å². The Morgan fingerprint density at radius 2 is 1.81 bits per heavy atom. The molecule has 1 unspecified atom stereocenters. The topological polar surface area (TPSA) is 12.5 Å². The first-order valence-electron chi connectivity index (χ1n) is 7.16. The van der Waals surface area contributed by atoms with Crippen molar-refractivity contribution >= 4 is 11.8 Å². The van der Waals surface area contributed by atoms with Crippen molar-refractivity contribution in [1.29, 1.82) is 0 Å². The summed E-state index contributed by atoms with van der Waals surface area (Å²) in [5, 5.41) is 0. The van der Waals surface area contributed by atoms with Gasteiger partial charge >= 0.3 is 6.18 Å². The molecule has 1 fully saturated rings. The first-order chi connectivity index (χ1) is 10.0. The molecule has 0 bridgehead atoms. The van der Waals surface area contributed by atoms with Crippen LogP contribution in [-0.4, -0.2) is 35.7 Å². The molecule has 21 heavy (non-hydrogen) atoms. The molecule has 0 amide bonds. The average molecular weight is 319 g/mol. The number of nitrogens with zero attached hydrogens (tertiary/aromatic N) is 1. The molecule has 0 spiro atoms. The number of halogens is 3. The zero-order valence-electron chi connectivity index (χ0n) is 12.0. The van der Waals surface area contributed by atoms with Crippen LogP contribution in [0.25, 0.3) is 0 Å². The third-order valence-electron chi connectivity index (χ3n) is 3.47. The number of likely N-dealkylation sites (tertiary alicyclic amines) is 1. The quantitative estimate of drug-likeness (QED) is 0.777. The summed E-state index contributed by atoms with van der Waals surface area (Å²) in [6.45, 7) is 4.08. The molecule has 0 aliphatic carbocycles. The van der Waals surface area contributed by atoms with Crippen molar-refractivity contribution in [3.63, 3.8) is 0 Å². The molecule has 1 heterocycles. The first-order valence-corrected chi connectivity index (χ1v) is 8.32. The summed E-state index contributed by atoms with van der Waals surface area (Å²) in [5.41, 5.74) is -0.643. The summed E-state index contributed by atoms with van der Waals surface area (Å²) in [4.78, 5) is 2.26. The van der Waals surface area contributed by atoms with Crippen LogP contribution >= 0.6 is 11.8 Å². The number of ether oxygens (including phenoxy) is 1. The minimum Gasteiger partial charge on any atom is -0.474 e. The van der Waals surface area contributed by atoms with E-state index in [9.17, 15) is 13.2 Å². The van der Waals surface area contributed by atoms with Gasteiger partial charge in [-0.2, -0.15) is 24.9 Å². The molecule has 2 nitrogen and oxygen atoms in total. The first kappa shape index (κ1) is 16.5. The van der Waals surface area contributed by atoms with E-state index in [1.165, 1.54) is 12.1 Å². The molecule has 1 aromatic rings. The van der Waals surface area contributed by atoms with Crippen LogP contribution in [0.2, 0.25) is 0 Å². The Labute approximate surface area is 127 Å². The zero-order valence-corrected chi connectivity index (χ0v) is 12.8. The molecule has 0 N–H and O–H groups in total. The van der Waals surface area contributed by atoms with E-state index in [0.717, 1.165) is 49.6 Å². The number of thioether (sulfide) groups is 1. The van der Waals surface area contributed by atoms with E-state index >= 15 is 0 Å². The number of benzene rings is 1. The summed E-state index contributed by atoms with van der Waals surface area (Å²) in [6.07, 6.45) is -2.05. The normalized spacial score (nSPS) is 17.9. The Balaban J connectivity index is 2.01. The van der Waals surface area contributed by atoms with E-state index in [1.807, 2.05) is 0 Å². The van der Waals surface area contributed by atoms with Gasteiger partial charge in [-0.3, -0.25) is 4.90 Å². The van der Waals surface area contributed by atoms with E-state index in [4.69, 9.17) is 4.74 Å². The number of hydrogen-bond donors (Lipinski definition) is 0. The van der Waals surface area contributed by atoms with Crippen LogP contribution in [0.1, 0.15) is 25.3 Å². The summed E-state index contributed by atoms with van der Waals surface area (Å²) in [5.74, 6) is 2.33. The van der Waals surface area contributed by atoms with Crippen LogP contribution < -0.4 is 4.74 Å². The fourth-order valence-electron chi connectivity index (χ4n) is 2.34. The van der Waals surface area contributed by atoms with Crippen molar-refractivity contribution in [1.82, 2.24) is 4.90 Å². The van der Waals surface area contributed by atoms with Crippen LogP contribution in [0.5, 0.6) is 5.75 Å². The van der Waals surface area contributed by atoms with Gasteiger partial charge in [0.1, 0.15) is 5.75 Å². The number of hydrogen-bond acceptors (Lipinski definition) is 3. The SMILES string of the molecule is CCSCC(Oc1ccc(C(F)(F)F)cc1)N1CCCC1. The predicted molar refractivity (Wildman–Crippen MR) is 79.7 cm³/mol. The van der Waals surface area contributed by atoms with Crippen LogP contribution in [0, 0.1) is 0 Å². The molecule has 118 valence electrons. The summed E-state index contributed by atoms with van der Waals surface area (Å²) in [7, 11) is 0. The van der Waals surface area contributed by atoms with Gasteiger partial charge in [0.2, 0.25) is 0 Å². The van der Waals surface area contributed by atoms with Crippen LogP contribution in [0.4, 0.5) is 13.2 Å². The molecule has 1 saturated heterocycles. The highest BCUT2D eigenvalue weighted by atomic mass is 32.2. The maximum Gasteiger partial charge on any atom is 0.416 e. The van der Waals surface area contributed by atoms with Crippen molar-refractivity contribution < 1.29 is 17.9 Å². The Kier molecular flexibility index (Phi) is 5.81. The fourth-order valence-corrected chi connectivity index (χ4v) is 3.06. The smallest absolute Gasteiger partial charge is 0.416 e. The lowest BCUT2D eigenvalue weighted by atomic mass is 10.2. The van der Waals surface area contributed by atoms with E-state index < -0.39 is 11.7 Å². The van der Waals surface area contributed by atoms with Crippen LogP contribution in [0.15, 0.2) is 24.3 Å². The monoisotopic (exact) mass is 319 g/mol. The molecule has 1 aliphatic rings. The molecule has 0 saturated carbocycles. The molecule has 0 aromatic heterocycles. The van der Waals surface area contributed by atoms with Gasteiger partial charge in [0, 0.05) is 18.8 Å². The minimum absolute atomic E-state index is 0.0609. The van der Waals surface area contributed by atoms with E-state index in [1.54, 1.807) is 11.8 Å². The van der Waals surface area contributed by atoms with Crippen LogP contribution in [0.3, 0.4) is 0 Å². The highest BCUT2D eigenvalue weighted by molar-refractivity contribution is 7.99. The number of alkyl halides is 3. The van der Waals surface area contributed by atoms with Gasteiger partial charge in [-0.1, -0.05) is 6.92 Å². The highest BCUT2D eigenvalue weighted by Crippen LogP contribution is 2.30. The predicted octanol–water partition coefficient (Wildman–Crippen LogP) is 4.26. The van der Waals surface area contributed by atoms with Gasteiger partial charge < -0.3 is 4.74 Å². The summed E-state index contributed by atoms with van der Waals surface area (Å²) < 4.78 is 43.5. The highest BCUT2D eigenvalue weighted by Gasteiger charge is 2.30. The molecule has 1 aliphatic heterocycles. The van der Waals surface area contributed by atoms with Gasteiger partial charge in [0.15, 0.2) is 6.23 Å². The fraction of sp³-hybridized carbons (Fsp3) is 0.600. The standard InChI is InChI=1S/C15H20F3NOS/c1-2-21-11-14(19-9-3-4-10-19)20-13-7-5-12(6-8-13)15(16,17)18/h5-8,14H,2-4,9-11H2,1H3. The molecule has 2 rings (SSSR count). The lowest BCUT2D eigenvalue weighted by Gasteiger charge is -2.28. The van der Waals surface area contributed by atoms with Crippen molar-refractivity contribution in [2.45, 2.75) is 32.2 Å². The Hall–Kier alpha value is -0.880. The van der Waals surface area contributed by atoms with Crippen LogP contribution in [-0.2, 0) is 6.18 Å². The Bertz CT molecular complexity index is 430. The Morgan fingerprint density at radius 1 is 1.19 bits per heavy atom. The molecule has 0 radical (unpaired) electrons. The van der Waals surface area contributed by atoms with Gasteiger partial charge in [0.05, 0.1) is 5.56 Å². The van der Waals surface area contributed by atoms with E-state index in [2.05, 4.69) is 11.8 Å². The van der Waals surface area contributed by atoms with Crippen molar-refractivity contribution in [3.8, 4) is 5.75 Å². The molecule has 1 aromatic carbocycles. The second kappa shape index (κ2) is 7.40. The maximum atomic E-state index is 12.5. The molecular weight excluding hydrogens is 299 g/mol. The molecule has 6 heteroatoms. The van der Waals surface area contributed by atoms with Crippen molar-refractivity contribution in [2.24, 2.45) is 0 Å². The van der Waals surface area contributed by atoms with Crippen molar-refractivity contribution in [2.75, 3.05) is 24.6 Å². The van der Waals surface area contributed by atoms with Gasteiger partial charge in [-0.15, -0.1) is 0 Å². The molecule has 1 atom stereocenters. The number of rotatable bonds is 6.